The van der Waals surface area contributed by atoms with Crippen molar-refractivity contribution in [3.8, 4) is 0 Å². The first-order valence-corrected chi connectivity index (χ1v) is 4.52. The smallest absolute Gasteiger partial charge is 0.315 e. The van der Waals surface area contributed by atoms with Crippen LogP contribution in [0.2, 0.25) is 0 Å². The molecule has 0 bridgehead atoms. The SMILES string of the molecule is CN(C)CCNC(=O)NC(C)(C)C. The fourth-order valence-corrected chi connectivity index (χ4v) is 0.778. The summed E-state index contributed by atoms with van der Waals surface area (Å²) in [6.07, 6.45) is 0. The lowest BCUT2D eigenvalue weighted by atomic mass is 10.1. The lowest BCUT2D eigenvalue weighted by Crippen LogP contribution is -2.47. The highest BCUT2D eigenvalue weighted by Crippen LogP contribution is 1.96. The topological polar surface area (TPSA) is 44.4 Å². The summed E-state index contributed by atoms with van der Waals surface area (Å²) in [7, 11) is 3.95. The molecule has 0 fully saturated rings. The normalized spacial score (nSPS) is 11.5. The number of nitrogens with zero attached hydrogens (tertiary/aromatic N) is 1. The summed E-state index contributed by atoms with van der Waals surface area (Å²) in [6.45, 7) is 7.40. The number of carbonyl (C=O) groups excluding carboxylic acids is 1. The van der Waals surface area contributed by atoms with Crippen molar-refractivity contribution in [2.75, 3.05) is 27.2 Å². The summed E-state index contributed by atoms with van der Waals surface area (Å²) in [5, 5.41) is 5.60. The first-order valence-electron chi connectivity index (χ1n) is 4.52. The van der Waals surface area contributed by atoms with Crippen molar-refractivity contribution in [2.24, 2.45) is 0 Å². The maximum absolute atomic E-state index is 11.2. The van der Waals surface area contributed by atoms with E-state index in [9.17, 15) is 4.79 Å². The third-order valence-corrected chi connectivity index (χ3v) is 1.33. The lowest BCUT2D eigenvalue weighted by Gasteiger charge is -2.21. The van der Waals surface area contributed by atoms with E-state index in [1.807, 2.05) is 39.8 Å². The van der Waals surface area contributed by atoms with E-state index < -0.39 is 0 Å². The van der Waals surface area contributed by atoms with Crippen LogP contribution in [0.25, 0.3) is 0 Å². The van der Waals surface area contributed by atoms with E-state index in [2.05, 4.69) is 10.6 Å². The van der Waals surface area contributed by atoms with Gasteiger partial charge in [-0.3, -0.25) is 0 Å². The van der Waals surface area contributed by atoms with Crippen molar-refractivity contribution in [2.45, 2.75) is 26.3 Å². The molecule has 0 aromatic heterocycles. The van der Waals surface area contributed by atoms with Crippen LogP contribution in [-0.2, 0) is 0 Å². The molecule has 4 nitrogen and oxygen atoms in total. The molecule has 0 atom stereocenters. The average molecular weight is 187 g/mol. The molecule has 2 amide bonds. The number of urea groups is 1. The Morgan fingerprint density at radius 2 is 1.85 bits per heavy atom. The number of nitrogens with one attached hydrogen (secondary N) is 2. The fraction of sp³-hybridized carbons (Fsp3) is 0.889. The molecule has 0 heterocycles. The number of likely N-dealkylation sites (N-methyl/N-ethyl adjacent to an activating group) is 1. The molecule has 0 rings (SSSR count). The monoisotopic (exact) mass is 187 g/mol. The maximum atomic E-state index is 11.2. The van der Waals surface area contributed by atoms with E-state index in [1.165, 1.54) is 0 Å². The minimum atomic E-state index is -0.164. The van der Waals surface area contributed by atoms with Crippen LogP contribution >= 0.6 is 0 Å². The minimum absolute atomic E-state index is 0.102. The Balaban J connectivity index is 3.53. The number of rotatable bonds is 3. The molecule has 0 unspecified atom stereocenters. The molecule has 0 aliphatic rings. The molecule has 0 aromatic carbocycles. The molecule has 0 aliphatic heterocycles. The number of carbonyl (C=O) groups is 1. The molecule has 13 heavy (non-hydrogen) atoms. The van der Waals surface area contributed by atoms with Crippen molar-refractivity contribution in [1.82, 2.24) is 15.5 Å². The van der Waals surface area contributed by atoms with Gasteiger partial charge in [0.2, 0.25) is 0 Å². The first-order chi connectivity index (χ1) is 5.81. The van der Waals surface area contributed by atoms with Gasteiger partial charge < -0.3 is 15.5 Å². The van der Waals surface area contributed by atoms with Crippen LogP contribution in [0.5, 0.6) is 0 Å². The van der Waals surface area contributed by atoms with E-state index in [0.717, 1.165) is 6.54 Å². The number of amides is 2. The van der Waals surface area contributed by atoms with Gasteiger partial charge >= 0.3 is 6.03 Å². The van der Waals surface area contributed by atoms with Gasteiger partial charge in [0.15, 0.2) is 0 Å². The van der Waals surface area contributed by atoms with Gasteiger partial charge in [-0.25, -0.2) is 4.79 Å². The maximum Gasteiger partial charge on any atom is 0.315 e. The van der Waals surface area contributed by atoms with Gasteiger partial charge in [-0.1, -0.05) is 0 Å². The Kier molecular flexibility index (Phi) is 4.77. The molecule has 0 radical (unpaired) electrons. The zero-order valence-electron chi connectivity index (χ0n) is 9.27. The summed E-state index contributed by atoms with van der Waals surface area (Å²) in [4.78, 5) is 13.2. The average Bonchev–Trinajstić information content (AvgIpc) is 1.81. The number of hydrogen-bond donors (Lipinski definition) is 2. The van der Waals surface area contributed by atoms with Crippen molar-refractivity contribution in [3.63, 3.8) is 0 Å². The number of hydrogen-bond acceptors (Lipinski definition) is 2. The zero-order valence-corrected chi connectivity index (χ0v) is 9.27. The summed E-state index contributed by atoms with van der Waals surface area (Å²) in [5.41, 5.74) is -0.164. The van der Waals surface area contributed by atoms with Crippen LogP contribution < -0.4 is 10.6 Å². The van der Waals surface area contributed by atoms with E-state index >= 15 is 0 Å². The van der Waals surface area contributed by atoms with E-state index in [-0.39, 0.29) is 11.6 Å². The van der Waals surface area contributed by atoms with Crippen molar-refractivity contribution in [1.29, 1.82) is 0 Å². The Morgan fingerprint density at radius 3 is 2.23 bits per heavy atom. The fourth-order valence-electron chi connectivity index (χ4n) is 0.778. The molecule has 0 spiro atoms. The molecule has 0 saturated heterocycles. The van der Waals surface area contributed by atoms with Crippen LogP contribution in [0.1, 0.15) is 20.8 Å². The van der Waals surface area contributed by atoms with E-state index in [4.69, 9.17) is 0 Å². The first kappa shape index (κ1) is 12.2. The quantitative estimate of drug-likeness (QED) is 0.681. The Hall–Kier alpha value is -0.770. The van der Waals surface area contributed by atoms with Gasteiger partial charge in [-0.2, -0.15) is 0 Å². The molecule has 0 aromatic rings. The van der Waals surface area contributed by atoms with Crippen molar-refractivity contribution >= 4 is 6.03 Å². The van der Waals surface area contributed by atoms with Crippen LogP contribution in [0.15, 0.2) is 0 Å². The van der Waals surface area contributed by atoms with Crippen LogP contribution in [0.3, 0.4) is 0 Å². The van der Waals surface area contributed by atoms with Gasteiger partial charge in [-0.15, -0.1) is 0 Å². The Labute approximate surface area is 80.7 Å². The second-order valence-corrected chi connectivity index (χ2v) is 4.43. The second-order valence-electron chi connectivity index (χ2n) is 4.43. The van der Waals surface area contributed by atoms with Gasteiger partial charge in [0, 0.05) is 18.6 Å². The van der Waals surface area contributed by atoms with Crippen LogP contribution in [-0.4, -0.2) is 43.7 Å². The van der Waals surface area contributed by atoms with Gasteiger partial charge in [0.05, 0.1) is 0 Å². The second kappa shape index (κ2) is 5.07. The highest BCUT2D eigenvalue weighted by atomic mass is 16.2. The van der Waals surface area contributed by atoms with E-state index in [1.54, 1.807) is 0 Å². The summed E-state index contributed by atoms with van der Waals surface area (Å²) in [5.74, 6) is 0. The highest BCUT2D eigenvalue weighted by molar-refractivity contribution is 5.74. The predicted molar refractivity (Wildman–Crippen MR) is 54.8 cm³/mol. The zero-order chi connectivity index (χ0) is 10.5. The van der Waals surface area contributed by atoms with Crippen LogP contribution in [0.4, 0.5) is 4.79 Å². The van der Waals surface area contributed by atoms with Crippen LogP contribution in [0, 0.1) is 0 Å². The van der Waals surface area contributed by atoms with Gasteiger partial charge in [-0.05, 0) is 34.9 Å². The molecule has 0 saturated carbocycles. The summed E-state index contributed by atoms with van der Waals surface area (Å²) in [6, 6.07) is -0.102. The third-order valence-electron chi connectivity index (χ3n) is 1.33. The predicted octanol–water partition coefficient (Wildman–Crippen LogP) is 0.646. The van der Waals surface area contributed by atoms with Crippen molar-refractivity contribution in [3.05, 3.63) is 0 Å². The summed E-state index contributed by atoms with van der Waals surface area (Å²) < 4.78 is 0. The molecule has 2 N–H and O–H groups in total. The molecule has 0 aliphatic carbocycles. The van der Waals surface area contributed by atoms with E-state index in [0.29, 0.717) is 6.54 Å². The standard InChI is InChI=1S/C9H21N3O/c1-9(2,3)11-8(13)10-6-7-12(4)5/h6-7H2,1-5H3,(H2,10,11,13). The van der Waals surface area contributed by atoms with Crippen molar-refractivity contribution < 1.29 is 4.79 Å². The molecule has 78 valence electrons. The molecular weight excluding hydrogens is 166 g/mol. The lowest BCUT2D eigenvalue weighted by molar-refractivity contribution is 0.230. The summed E-state index contributed by atoms with van der Waals surface area (Å²) >= 11 is 0. The largest absolute Gasteiger partial charge is 0.337 e. The third kappa shape index (κ3) is 9.14. The highest BCUT2D eigenvalue weighted by Gasteiger charge is 2.12. The molecular formula is C9H21N3O. The van der Waals surface area contributed by atoms with Gasteiger partial charge in [0.25, 0.3) is 0 Å². The minimum Gasteiger partial charge on any atom is -0.337 e. The Bertz CT molecular complexity index is 161. The van der Waals surface area contributed by atoms with Gasteiger partial charge in [0.1, 0.15) is 0 Å². The molecule has 4 heteroatoms. The Morgan fingerprint density at radius 1 is 1.31 bits per heavy atom.